The number of para-hydroxylation sites is 1. The molecule has 0 aliphatic carbocycles. The molecule has 10 rings (SSSR count). The van der Waals surface area contributed by atoms with Crippen LogP contribution in [0.2, 0.25) is 0 Å². The lowest BCUT2D eigenvalue weighted by Crippen LogP contribution is -2.00. The van der Waals surface area contributed by atoms with Gasteiger partial charge in [-0.3, -0.25) is 0 Å². The van der Waals surface area contributed by atoms with Gasteiger partial charge in [0.05, 0.1) is 16.6 Å². The molecule has 3 aromatic heterocycles. The van der Waals surface area contributed by atoms with Crippen LogP contribution in [0.25, 0.3) is 101 Å². The molecule has 0 saturated heterocycles. The first-order valence-corrected chi connectivity index (χ1v) is 18.3. The third-order valence-electron chi connectivity index (χ3n) is 9.96. The van der Waals surface area contributed by atoms with Gasteiger partial charge in [-0.2, -0.15) is 0 Å². The van der Waals surface area contributed by atoms with Gasteiger partial charge >= 0.3 is 0 Å². The highest BCUT2D eigenvalue weighted by molar-refractivity contribution is 6.20. The number of benzene rings is 7. The third kappa shape index (κ3) is 6.04. The molecule has 0 amide bonds. The molecule has 0 bridgehead atoms. The maximum absolute atomic E-state index is 6.86. The molecule has 0 saturated carbocycles. The second-order valence-corrected chi connectivity index (χ2v) is 13.4. The summed E-state index contributed by atoms with van der Waals surface area (Å²) in [6.07, 6.45) is 0. The zero-order valence-electron chi connectivity index (χ0n) is 29.7. The van der Waals surface area contributed by atoms with Crippen LogP contribution in [0.1, 0.15) is 0 Å². The van der Waals surface area contributed by atoms with Gasteiger partial charge in [-0.15, -0.1) is 0 Å². The zero-order chi connectivity index (χ0) is 36.6. The predicted octanol–water partition coefficient (Wildman–Crippen LogP) is 12.8. The highest BCUT2D eigenvalue weighted by atomic mass is 16.3. The largest absolute Gasteiger partial charge is 0.455 e. The molecule has 7 aromatic carbocycles. The highest BCUT2D eigenvalue weighted by Crippen LogP contribution is 2.46. The van der Waals surface area contributed by atoms with Crippen LogP contribution in [-0.2, 0) is 0 Å². The molecule has 258 valence electrons. The van der Waals surface area contributed by atoms with Crippen molar-refractivity contribution in [2.24, 2.45) is 0 Å². The molecule has 5 nitrogen and oxygen atoms in total. The van der Waals surface area contributed by atoms with Crippen LogP contribution < -0.4 is 0 Å². The minimum Gasteiger partial charge on any atom is -0.455 e. The smallest absolute Gasteiger partial charge is 0.164 e. The van der Waals surface area contributed by atoms with E-state index in [4.69, 9.17) is 24.4 Å². The molecule has 0 radical (unpaired) electrons. The molecular formula is C50H32N4O. The second-order valence-electron chi connectivity index (χ2n) is 13.4. The van der Waals surface area contributed by atoms with Crippen LogP contribution in [0.15, 0.2) is 199 Å². The second kappa shape index (κ2) is 13.8. The molecule has 55 heavy (non-hydrogen) atoms. The van der Waals surface area contributed by atoms with Gasteiger partial charge in [-0.25, -0.2) is 19.9 Å². The number of pyridine rings is 1. The predicted molar refractivity (Wildman–Crippen MR) is 223 cm³/mol. The summed E-state index contributed by atoms with van der Waals surface area (Å²) < 4.78 is 6.86. The molecule has 0 fully saturated rings. The Hall–Kier alpha value is -7.50. The van der Waals surface area contributed by atoms with Crippen molar-refractivity contribution in [3.63, 3.8) is 0 Å². The van der Waals surface area contributed by atoms with Gasteiger partial charge in [-0.1, -0.05) is 188 Å². The molecule has 0 aliphatic rings. The SMILES string of the molecule is c1ccc(-c2nc(-c3ccccc3)nc(-c3ccc(-c4ccc(-c5nc6ccccc6c6c(-c7ccccc7)oc(-c7ccccc7)c56)cc4)cc3)n2)cc1. The third-order valence-corrected chi connectivity index (χ3v) is 9.96. The van der Waals surface area contributed by atoms with E-state index in [1.807, 2.05) is 91.0 Å². The lowest BCUT2D eigenvalue weighted by Gasteiger charge is -2.11. The van der Waals surface area contributed by atoms with Gasteiger partial charge in [0.1, 0.15) is 11.5 Å². The summed E-state index contributed by atoms with van der Waals surface area (Å²) in [6, 6.07) is 66.1. The van der Waals surface area contributed by atoms with Crippen molar-refractivity contribution in [1.29, 1.82) is 0 Å². The first kappa shape index (κ1) is 32.2. The average molecular weight is 705 g/mol. The fraction of sp³-hybridized carbons (Fsp3) is 0. The van der Waals surface area contributed by atoms with Crippen LogP contribution in [-0.4, -0.2) is 19.9 Å². The summed E-state index contributed by atoms with van der Waals surface area (Å²) in [6.45, 7) is 0. The Labute approximate surface area is 318 Å². The lowest BCUT2D eigenvalue weighted by molar-refractivity contribution is 0.602. The summed E-state index contributed by atoms with van der Waals surface area (Å²) >= 11 is 0. The highest BCUT2D eigenvalue weighted by Gasteiger charge is 2.24. The fourth-order valence-corrected chi connectivity index (χ4v) is 7.24. The summed E-state index contributed by atoms with van der Waals surface area (Å²) in [7, 11) is 0. The molecular weight excluding hydrogens is 673 g/mol. The van der Waals surface area contributed by atoms with Gasteiger partial charge in [0, 0.05) is 44.2 Å². The van der Waals surface area contributed by atoms with Crippen molar-refractivity contribution < 1.29 is 4.42 Å². The van der Waals surface area contributed by atoms with E-state index >= 15 is 0 Å². The maximum Gasteiger partial charge on any atom is 0.164 e. The molecule has 10 aromatic rings. The molecule has 5 heteroatoms. The molecule has 0 aliphatic heterocycles. The summed E-state index contributed by atoms with van der Waals surface area (Å²) in [5.41, 5.74) is 9.86. The first-order chi connectivity index (χ1) is 27.3. The first-order valence-electron chi connectivity index (χ1n) is 18.3. The normalized spacial score (nSPS) is 11.3. The van der Waals surface area contributed by atoms with Gasteiger partial charge in [0.25, 0.3) is 0 Å². The van der Waals surface area contributed by atoms with E-state index in [0.29, 0.717) is 17.5 Å². The Kier molecular flexibility index (Phi) is 8.08. The number of furan rings is 1. The fourth-order valence-electron chi connectivity index (χ4n) is 7.24. The quantitative estimate of drug-likeness (QED) is 0.165. The number of hydrogen-bond donors (Lipinski definition) is 0. The summed E-state index contributed by atoms with van der Waals surface area (Å²) in [5, 5.41) is 3.13. The van der Waals surface area contributed by atoms with Crippen molar-refractivity contribution in [2.45, 2.75) is 0 Å². The Morgan fingerprint density at radius 1 is 0.273 bits per heavy atom. The van der Waals surface area contributed by atoms with Crippen molar-refractivity contribution in [2.75, 3.05) is 0 Å². The maximum atomic E-state index is 6.86. The van der Waals surface area contributed by atoms with Gasteiger partial charge in [0.15, 0.2) is 17.5 Å². The van der Waals surface area contributed by atoms with E-state index in [1.165, 1.54) is 0 Å². The average Bonchev–Trinajstić information content (AvgIpc) is 3.69. The lowest BCUT2D eigenvalue weighted by atomic mass is 9.95. The van der Waals surface area contributed by atoms with Gasteiger partial charge in [-0.05, 0) is 17.2 Å². The van der Waals surface area contributed by atoms with Crippen LogP contribution in [0.3, 0.4) is 0 Å². The van der Waals surface area contributed by atoms with Crippen molar-refractivity contribution >= 4 is 21.7 Å². The summed E-state index contributed by atoms with van der Waals surface area (Å²) in [4.78, 5) is 19.9. The molecule has 0 spiro atoms. The van der Waals surface area contributed by atoms with Crippen LogP contribution >= 0.6 is 0 Å². The number of rotatable bonds is 7. The molecule has 0 atom stereocenters. The molecule has 3 heterocycles. The number of aromatic nitrogens is 4. The van der Waals surface area contributed by atoms with Crippen molar-refractivity contribution in [1.82, 2.24) is 19.9 Å². The van der Waals surface area contributed by atoms with E-state index < -0.39 is 0 Å². The van der Waals surface area contributed by atoms with Gasteiger partial charge in [0.2, 0.25) is 0 Å². The Morgan fingerprint density at radius 2 is 0.636 bits per heavy atom. The van der Waals surface area contributed by atoms with E-state index in [-0.39, 0.29) is 0 Å². The minimum absolute atomic E-state index is 0.630. The Balaban J connectivity index is 1.05. The summed E-state index contributed by atoms with van der Waals surface area (Å²) in [5.74, 6) is 3.57. The number of hydrogen-bond acceptors (Lipinski definition) is 5. The zero-order valence-corrected chi connectivity index (χ0v) is 29.7. The Bertz CT molecular complexity index is 2870. The minimum atomic E-state index is 0.630. The molecule has 0 N–H and O–H groups in total. The van der Waals surface area contributed by atoms with Crippen LogP contribution in [0, 0.1) is 0 Å². The van der Waals surface area contributed by atoms with Crippen LogP contribution in [0.4, 0.5) is 0 Å². The van der Waals surface area contributed by atoms with Crippen molar-refractivity contribution in [3.8, 4) is 79.2 Å². The standard InChI is InChI=1S/C50H32N4O/c1-5-15-36(16-6-1)46-43-41-23-13-14-24-42(41)51-45(44(43)47(55-46)37-17-7-2-8-18-37)35-29-25-33(26-30-35)34-27-31-40(32-28-34)50-53-48(38-19-9-3-10-20-38)52-49(54-50)39-21-11-4-12-22-39/h1-32H. The molecule has 0 unspecified atom stereocenters. The van der Waals surface area contributed by atoms with Gasteiger partial charge < -0.3 is 4.42 Å². The topological polar surface area (TPSA) is 64.7 Å². The number of nitrogens with zero attached hydrogens (tertiary/aromatic N) is 4. The Morgan fingerprint density at radius 3 is 1.13 bits per heavy atom. The van der Waals surface area contributed by atoms with E-state index in [9.17, 15) is 0 Å². The van der Waals surface area contributed by atoms with Crippen molar-refractivity contribution in [3.05, 3.63) is 194 Å². The van der Waals surface area contributed by atoms with Crippen LogP contribution in [0.5, 0.6) is 0 Å². The number of fused-ring (bicyclic) bond motifs is 3. The van der Waals surface area contributed by atoms with E-state index in [1.54, 1.807) is 0 Å². The van der Waals surface area contributed by atoms with E-state index in [0.717, 1.165) is 83.4 Å². The monoisotopic (exact) mass is 704 g/mol. The van der Waals surface area contributed by atoms with E-state index in [2.05, 4.69) is 103 Å².